The second-order valence-corrected chi connectivity index (χ2v) is 9.98. The van der Waals surface area contributed by atoms with Gasteiger partial charge in [0.05, 0.1) is 19.1 Å². The van der Waals surface area contributed by atoms with Gasteiger partial charge in [-0.15, -0.1) is 0 Å². The fraction of sp³-hybridized carbons (Fsp3) is 0.636. The highest BCUT2D eigenvalue weighted by atomic mass is 32.2. The normalized spacial score (nSPS) is 20.3. The summed E-state index contributed by atoms with van der Waals surface area (Å²) < 4.78 is 39.7. The SMILES string of the molecule is CCOC(=O)N1CCN(S(=O)(=O)N2CCC[C@@H](C(=O)NCc3ccccc3OCC)C2)CC1. The number of hydrogen-bond donors (Lipinski definition) is 1. The summed E-state index contributed by atoms with van der Waals surface area (Å²) in [6.07, 6.45) is 0.840. The summed E-state index contributed by atoms with van der Waals surface area (Å²) in [4.78, 5) is 26.2. The molecule has 10 nitrogen and oxygen atoms in total. The van der Waals surface area contributed by atoms with Crippen LogP contribution in [0.4, 0.5) is 4.79 Å². The first-order valence-corrected chi connectivity index (χ1v) is 12.9. The molecule has 0 radical (unpaired) electrons. The summed E-state index contributed by atoms with van der Waals surface area (Å²) in [5.41, 5.74) is 0.882. The summed E-state index contributed by atoms with van der Waals surface area (Å²) in [7, 11) is -3.71. The van der Waals surface area contributed by atoms with Gasteiger partial charge in [0.2, 0.25) is 5.91 Å². The number of rotatable bonds is 8. The highest BCUT2D eigenvalue weighted by Crippen LogP contribution is 2.23. The Labute approximate surface area is 196 Å². The van der Waals surface area contributed by atoms with E-state index >= 15 is 0 Å². The molecule has 1 aromatic rings. The standard InChI is InChI=1S/C22H34N4O6S/c1-3-31-20-10-6-5-8-18(20)16-23-21(27)19-9-7-11-26(17-19)33(29,30)25-14-12-24(13-15-25)22(28)32-4-2/h5-6,8,10,19H,3-4,7,9,11-17H2,1-2H3,(H,23,27)/t19-/m1/s1. The van der Waals surface area contributed by atoms with Crippen molar-refractivity contribution in [2.75, 3.05) is 52.5 Å². The molecular formula is C22H34N4O6S. The molecule has 2 aliphatic rings. The van der Waals surface area contributed by atoms with E-state index in [-0.39, 0.29) is 45.2 Å². The van der Waals surface area contributed by atoms with Crippen LogP contribution >= 0.6 is 0 Å². The lowest BCUT2D eigenvalue weighted by Crippen LogP contribution is -2.56. The predicted octanol–water partition coefficient (Wildman–Crippen LogP) is 1.43. The molecule has 1 aromatic carbocycles. The van der Waals surface area contributed by atoms with E-state index in [1.807, 2.05) is 31.2 Å². The van der Waals surface area contributed by atoms with E-state index in [9.17, 15) is 18.0 Å². The Kier molecular flexibility index (Phi) is 8.93. The lowest BCUT2D eigenvalue weighted by atomic mass is 9.98. The maximum atomic E-state index is 13.2. The molecule has 0 bridgehead atoms. The molecule has 0 saturated carbocycles. The summed E-state index contributed by atoms with van der Waals surface area (Å²) in [5, 5.41) is 2.94. The summed E-state index contributed by atoms with van der Waals surface area (Å²) in [5.74, 6) is 0.164. The van der Waals surface area contributed by atoms with Crippen LogP contribution in [-0.2, 0) is 26.3 Å². The summed E-state index contributed by atoms with van der Waals surface area (Å²) in [6, 6.07) is 7.54. The van der Waals surface area contributed by atoms with Crippen LogP contribution in [0.1, 0.15) is 32.3 Å². The number of nitrogens with zero attached hydrogens (tertiary/aromatic N) is 3. The van der Waals surface area contributed by atoms with E-state index < -0.39 is 22.2 Å². The van der Waals surface area contributed by atoms with Gasteiger partial charge in [0, 0.05) is 51.4 Å². The van der Waals surface area contributed by atoms with Gasteiger partial charge in [0.1, 0.15) is 5.75 Å². The number of para-hydroxylation sites is 1. The number of hydrogen-bond acceptors (Lipinski definition) is 6. The lowest BCUT2D eigenvalue weighted by Gasteiger charge is -2.38. The Bertz CT molecular complexity index is 917. The number of piperazine rings is 1. The average molecular weight is 483 g/mol. The van der Waals surface area contributed by atoms with Crippen molar-refractivity contribution in [2.24, 2.45) is 5.92 Å². The minimum atomic E-state index is -3.71. The number of ether oxygens (including phenoxy) is 2. The van der Waals surface area contributed by atoms with E-state index in [1.54, 1.807) is 6.92 Å². The Hall–Kier alpha value is -2.37. The topological polar surface area (TPSA) is 108 Å². The number of carbonyl (C=O) groups is 2. The first-order chi connectivity index (χ1) is 15.9. The van der Waals surface area contributed by atoms with Crippen LogP contribution in [0.5, 0.6) is 5.75 Å². The van der Waals surface area contributed by atoms with Crippen molar-refractivity contribution >= 4 is 22.2 Å². The lowest BCUT2D eigenvalue weighted by molar-refractivity contribution is -0.126. The minimum absolute atomic E-state index is 0.152. The third-order valence-corrected chi connectivity index (χ3v) is 7.90. The van der Waals surface area contributed by atoms with Crippen molar-refractivity contribution in [1.29, 1.82) is 0 Å². The monoisotopic (exact) mass is 482 g/mol. The molecule has 0 aromatic heterocycles. The summed E-state index contributed by atoms with van der Waals surface area (Å²) >= 11 is 0. The quantitative estimate of drug-likeness (QED) is 0.601. The molecule has 0 unspecified atom stereocenters. The third-order valence-electron chi connectivity index (χ3n) is 5.90. The highest BCUT2D eigenvalue weighted by molar-refractivity contribution is 7.86. The first-order valence-electron chi connectivity index (χ1n) is 11.5. The second kappa shape index (κ2) is 11.7. The largest absolute Gasteiger partial charge is 0.494 e. The molecule has 2 amide bonds. The molecule has 0 aliphatic carbocycles. The molecular weight excluding hydrogens is 448 g/mol. The first kappa shape index (κ1) is 25.3. The van der Waals surface area contributed by atoms with Gasteiger partial charge in [0.15, 0.2) is 0 Å². The Morgan fingerprint density at radius 3 is 2.45 bits per heavy atom. The van der Waals surface area contributed by atoms with Gasteiger partial charge in [-0.25, -0.2) is 4.79 Å². The van der Waals surface area contributed by atoms with Crippen molar-refractivity contribution in [3.8, 4) is 5.75 Å². The van der Waals surface area contributed by atoms with E-state index in [4.69, 9.17) is 9.47 Å². The van der Waals surface area contributed by atoms with Gasteiger partial charge in [-0.1, -0.05) is 18.2 Å². The van der Waals surface area contributed by atoms with Crippen LogP contribution in [0.25, 0.3) is 0 Å². The van der Waals surface area contributed by atoms with Crippen molar-refractivity contribution in [3.05, 3.63) is 29.8 Å². The van der Waals surface area contributed by atoms with Crippen LogP contribution in [-0.4, -0.2) is 86.4 Å². The molecule has 1 N–H and O–H groups in total. The zero-order chi connectivity index (χ0) is 23.8. The number of piperidine rings is 1. The van der Waals surface area contributed by atoms with E-state index in [0.717, 1.165) is 11.3 Å². The van der Waals surface area contributed by atoms with Gasteiger partial charge in [-0.05, 0) is 32.8 Å². The van der Waals surface area contributed by atoms with Gasteiger partial charge in [0.25, 0.3) is 10.2 Å². The Morgan fingerprint density at radius 2 is 1.76 bits per heavy atom. The fourth-order valence-corrected chi connectivity index (χ4v) is 5.80. The van der Waals surface area contributed by atoms with Crippen molar-refractivity contribution in [3.63, 3.8) is 0 Å². The maximum Gasteiger partial charge on any atom is 0.409 e. The van der Waals surface area contributed by atoms with Gasteiger partial charge in [-0.2, -0.15) is 17.0 Å². The van der Waals surface area contributed by atoms with Gasteiger partial charge in [-0.3, -0.25) is 4.79 Å². The molecule has 2 fully saturated rings. The van der Waals surface area contributed by atoms with E-state index in [0.29, 0.717) is 32.5 Å². The van der Waals surface area contributed by atoms with Crippen LogP contribution in [0.15, 0.2) is 24.3 Å². The predicted molar refractivity (Wildman–Crippen MR) is 123 cm³/mol. The maximum absolute atomic E-state index is 13.2. The molecule has 33 heavy (non-hydrogen) atoms. The highest BCUT2D eigenvalue weighted by Gasteiger charge is 2.37. The van der Waals surface area contributed by atoms with Gasteiger partial charge < -0.3 is 19.7 Å². The zero-order valence-electron chi connectivity index (χ0n) is 19.4. The molecule has 2 aliphatic heterocycles. The minimum Gasteiger partial charge on any atom is -0.494 e. The molecule has 2 heterocycles. The molecule has 184 valence electrons. The van der Waals surface area contributed by atoms with Crippen molar-refractivity contribution in [2.45, 2.75) is 33.2 Å². The third kappa shape index (κ3) is 6.36. The number of amides is 2. The number of carbonyl (C=O) groups excluding carboxylic acids is 2. The smallest absolute Gasteiger partial charge is 0.409 e. The fourth-order valence-electron chi connectivity index (χ4n) is 4.12. The molecule has 0 spiro atoms. The number of benzene rings is 1. The van der Waals surface area contributed by atoms with Crippen LogP contribution < -0.4 is 10.1 Å². The van der Waals surface area contributed by atoms with Crippen LogP contribution in [0.3, 0.4) is 0 Å². The van der Waals surface area contributed by atoms with Crippen LogP contribution in [0, 0.1) is 5.92 Å². The zero-order valence-corrected chi connectivity index (χ0v) is 20.2. The van der Waals surface area contributed by atoms with Crippen molar-refractivity contribution < 1.29 is 27.5 Å². The molecule has 11 heteroatoms. The average Bonchev–Trinajstić information content (AvgIpc) is 2.84. The van der Waals surface area contributed by atoms with E-state index in [2.05, 4.69) is 5.32 Å². The van der Waals surface area contributed by atoms with Crippen molar-refractivity contribution in [1.82, 2.24) is 18.8 Å². The summed E-state index contributed by atoms with van der Waals surface area (Å²) in [6.45, 7) is 6.32. The van der Waals surface area contributed by atoms with Crippen LogP contribution in [0.2, 0.25) is 0 Å². The molecule has 3 rings (SSSR count). The Morgan fingerprint density at radius 1 is 1.03 bits per heavy atom. The van der Waals surface area contributed by atoms with Gasteiger partial charge >= 0.3 is 6.09 Å². The second-order valence-electron chi connectivity index (χ2n) is 8.05. The molecule has 2 saturated heterocycles. The molecule has 1 atom stereocenters. The Balaban J connectivity index is 1.55. The number of nitrogens with one attached hydrogen (secondary N) is 1. The van der Waals surface area contributed by atoms with E-state index in [1.165, 1.54) is 13.5 Å².